The minimum atomic E-state index is -0.497. The highest BCUT2D eigenvalue weighted by Crippen LogP contribution is 2.22. The van der Waals surface area contributed by atoms with E-state index in [-0.39, 0.29) is 12.2 Å². The van der Waals surface area contributed by atoms with Gasteiger partial charge in [0.05, 0.1) is 17.9 Å². The molecule has 3 rings (SSSR count). The molecule has 2 heterocycles. The molecule has 7 heteroatoms. The van der Waals surface area contributed by atoms with Crippen LogP contribution in [-0.2, 0) is 14.3 Å². The third-order valence-corrected chi connectivity index (χ3v) is 3.52. The number of ether oxygens (including phenoxy) is 1. The van der Waals surface area contributed by atoms with Gasteiger partial charge in [-0.15, -0.1) is 0 Å². The summed E-state index contributed by atoms with van der Waals surface area (Å²) in [6.07, 6.45) is 4.65. The molecule has 1 saturated heterocycles. The van der Waals surface area contributed by atoms with Crippen molar-refractivity contribution in [3.8, 4) is 0 Å². The summed E-state index contributed by atoms with van der Waals surface area (Å²) in [5, 5.41) is 1.14. The maximum Gasteiger partial charge on any atom is 0.338 e. The monoisotopic (exact) mass is 337 g/mol. The van der Waals surface area contributed by atoms with E-state index in [1.165, 1.54) is 18.2 Å². The van der Waals surface area contributed by atoms with Crippen LogP contribution in [0.1, 0.15) is 22.8 Å². The van der Waals surface area contributed by atoms with Gasteiger partial charge in [0, 0.05) is 12.4 Å². The minimum Gasteiger partial charge on any atom is -0.462 e. The lowest BCUT2D eigenvalue weighted by Crippen LogP contribution is -2.35. The van der Waals surface area contributed by atoms with Crippen molar-refractivity contribution in [3.05, 3.63) is 65.5 Å². The summed E-state index contributed by atoms with van der Waals surface area (Å²) in [6, 6.07) is 9.67. The summed E-state index contributed by atoms with van der Waals surface area (Å²) in [6.45, 7) is 2.00. The van der Waals surface area contributed by atoms with Crippen LogP contribution in [0.3, 0.4) is 0 Å². The highest BCUT2D eigenvalue weighted by molar-refractivity contribution is 6.31. The highest BCUT2D eigenvalue weighted by atomic mass is 16.5. The molecule has 1 N–H and O–H groups in total. The number of hydrogen-bond acceptors (Lipinski definition) is 5. The fourth-order valence-electron chi connectivity index (χ4n) is 2.33. The van der Waals surface area contributed by atoms with Gasteiger partial charge >= 0.3 is 5.97 Å². The van der Waals surface area contributed by atoms with Crippen LogP contribution >= 0.6 is 0 Å². The predicted octanol–water partition coefficient (Wildman–Crippen LogP) is 1.72. The number of anilines is 1. The zero-order chi connectivity index (χ0) is 17.8. The average Bonchev–Trinajstić information content (AvgIpc) is 2.91. The van der Waals surface area contributed by atoms with Crippen molar-refractivity contribution >= 4 is 29.5 Å². The Labute approximate surface area is 143 Å². The first-order chi connectivity index (χ1) is 12.1. The molecule has 25 heavy (non-hydrogen) atoms. The summed E-state index contributed by atoms with van der Waals surface area (Å²) in [4.78, 5) is 40.2. The van der Waals surface area contributed by atoms with E-state index in [1.807, 2.05) is 0 Å². The van der Waals surface area contributed by atoms with Crippen LogP contribution in [0.25, 0.3) is 6.08 Å². The molecule has 0 bridgehead atoms. The standard InChI is InChI=1S/C18H15N3O4/c1-2-25-18(24)13-5-7-14(8-6-13)21-17(23)15(16(22)20-21)10-12-4-3-9-19-11-12/h3-11H,2H2,1H3,(H,20,22)/b15-10-. The third-order valence-electron chi connectivity index (χ3n) is 3.52. The van der Waals surface area contributed by atoms with Gasteiger partial charge < -0.3 is 4.74 Å². The highest BCUT2D eigenvalue weighted by Gasteiger charge is 2.34. The maximum atomic E-state index is 12.5. The molecule has 0 saturated carbocycles. The van der Waals surface area contributed by atoms with E-state index in [2.05, 4.69) is 10.4 Å². The number of pyridine rings is 1. The van der Waals surface area contributed by atoms with Crippen molar-refractivity contribution < 1.29 is 19.1 Å². The topological polar surface area (TPSA) is 88.6 Å². The first-order valence-electron chi connectivity index (χ1n) is 7.64. The van der Waals surface area contributed by atoms with Gasteiger partial charge in [-0.1, -0.05) is 6.07 Å². The van der Waals surface area contributed by atoms with Gasteiger partial charge in [0.1, 0.15) is 5.57 Å². The molecule has 1 aliphatic heterocycles. The Morgan fingerprint density at radius 1 is 1.24 bits per heavy atom. The van der Waals surface area contributed by atoms with Gasteiger partial charge in [-0.3, -0.25) is 20.0 Å². The number of benzene rings is 1. The molecule has 126 valence electrons. The number of hydrogen-bond donors (Lipinski definition) is 1. The van der Waals surface area contributed by atoms with Crippen molar-refractivity contribution in [1.29, 1.82) is 0 Å². The van der Waals surface area contributed by atoms with Crippen LogP contribution in [0.2, 0.25) is 0 Å². The lowest BCUT2D eigenvalue weighted by atomic mass is 10.1. The zero-order valence-corrected chi connectivity index (χ0v) is 13.4. The predicted molar refractivity (Wildman–Crippen MR) is 90.2 cm³/mol. The van der Waals surface area contributed by atoms with Crippen molar-refractivity contribution in [2.75, 3.05) is 11.6 Å². The molecule has 0 spiro atoms. The summed E-state index contributed by atoms with van der Waals surface area (Å²) < 4.78 is 4.91. The number of amides is 2. The second-order valence-electron chi connectivity index (χ2n) is 5.19. The molecule has 1 aliphatic rings. The fraction of sp³-hybridized carbons (Fsp3) is 0.111. The number of esters is 1. The minimum absolute atomic E-state index is 0.0162. The van der Waals surface area contributed by atoms with Crippen molar-refractivity contribution in [3.63, 3.8) is 0 Å². The lowest BCUT2D eigenvalue weighted by molar-refractivity contribution is -0.117. The first kappa shape index (κ1) is 16.4. The normalized spacial score (nSPS) is 15.4. The smallest absolute Gasteiger partial charge is 0.338 e. The van der Waals surface area contributed by atoms with E-state index in [0.29, 0.717) is 16.8 Å². The van der Waals surface area contributed by atoms with Gasteiger partial charge in [0.2, 0.25) is 0 Å². The summed E-state index contributed by atoms with van der Waals surface area (Å²) >= 11 is 0. The van der Waals surface area contributed by atoms with Crippen LogP contribution in [0.15, 0.2) is 54.4 Å². The van der Waals surface area contributed by atoms with E-state index >= 15 is 0 Å². The van der Waals surface area contributed by atoms with Gasteiger partial charge in [-0.05, 0) is 48.9 Å². The summed E-state index contributed by atoms with van der Waals surface area (Å²) in [5.74, 6) is -1.41. The van der Waals surface area contributed by atoms with Crippen molar-refractivity contribution in [1.82, 2.24) is 10.4 Å². The molecule has 7 nitrogen and oxygen atoms in total. The molecule has 1 aromatic heterocycles. The zero-order valence-electron chi connectivity index (χ0n) is 13.4. The fourth-order valence-corrected chi connectivity index (χ4v) is 2.33. The first-order valence-corrected chi connectivity index (χ1v) is 7.64. The summed E-state index contributed by atoms with van der Waals surface area (Å²) in [7, 11) is 0. The third kappa shape index (κ3) is 3.40. The van der Waals surface area contributed by atoms with Crippen molar-refractivity contribution in [2.45, 2.75) is 6.92 Å². The van der Waals surface area contributed by atoms with E-state index in [9.17, 15) is 14.4 Å². The quantitative estimate of drug-likeness (QED) is 0.521. The largest absolute Gasteiger partial charge is 0.462 e. The number of carbonyl (C=O) groups excluding carboxylic acids is 3. The van der Waals surface area contributed by atoms with Gasteiger partial charge in [-0.25, -0.2) is 9.80 Å². The molecule has 1 fully saturated rings. The van der Waals surface area contributed by atoms with Crippen LogP contribution in [0.4, 0.5) is 5.69 Å². The summed E-state index contributed by atoms with van der Waals surface area (Å²) in [5.41, 5.74) is 3.99. The number of carbonyl (C=O) groups is 3. The van der Waals surface area contributed by atoms with E-state index < -0.39 is 17.8 Å². The Balaban J connectivity index is 1.82. The van der Waals surface area contributed by atoms with Crippen LogP contribution in [0, 0.1) is 0 Å². The second-order valence-corrected chi connectivity index (χ2v) is 5.19. The number of aromatic nitrogens is 1. The number of nitrogens with one attached hydrogen (secondary N) is 1. The lowest BCUT2D eigenvalue weighted by Gasteiger charge is -2.14. The molecule has 2 aromatic rings. The van der Waals surface area contributed by atoms with Gasteiger partial charge in [0.15, 0.2) is 0 Å². The molecule has 2 amide bonds. The average molecular weight is 337 g/mol. The Hall–Kier alpha value is -3.48. The molecule has 0 unspecified atom stereocenters. The second kappa shape index (κ2) is 6.96. The Morgan fingerprint density at radius 2 is 2.00 bits per heavy atom. The molecule has 1 aromatic carbocycles. The SMILES string of the molecule is CCOC(=O)c1ccc(N2NC(=O)/C(=C/c3cccnc3)C2=O)cc1. The van der Waals surface area contributed by atoms with Crippen LogP contribution in [-0.4, -0.2) is 29.4 Å². The van der Waals surface area contributed by atoms with Crippen LogP contribution in [0.5, 0.6) is 0 Å². The van der Waals surface area contributed by atoms with E-state index in [1.54, 1.807) is 43.6 Å². The molecule has 0 aliphatic carbocycles. The van der Waals surface area contributed by atoms with E-state index in [4.69, 9.17) is 4.74 Å². The molecular weight excluding hydrogens is 322 g/mol. The Bertz CT molecular complexity index is 844. The number of hydrazine groups is 1. The Kier molecular flexibility index (Phi) is 4.56. The van der Waals surface area contributed by atoms with E-state index in [0.717, 1.165) is 5.01 Å². The number of nitrogens with zero attached hydrogens (tertiary/aromatic N) is 2. The Morgan fingerprint density at radius 3 is 2.64 bits per heavy atom. The number of rotatable bonds is 4. The maximum absolute atomic E-state index is 12.5. The van der Waals surface area contributed by atoms with Gasteiger partial charge in [-0.2, -0.15) is 0 Å². The van der Waals surface area contributed by atoms with Crippen molar-refractivity contribution in [2.24, 2.45) is 0 Å². The molecule has 0 atom stereocenters. The molecular formula is C18H15N3O4. The molecule has 0 radical (unpaired) electrons. The van der Waals surface area contributed by atoms with Crippen LogP contribution < -0.4 is 10.4 Å². The van der Waals surface area contributed by atoms with Gasteiger partial charge in [0.25, 0.3) is 11.8 Å².